The van der Waals surface area contributed by atoms with Crippen LogP contribution >= 0.6 is 0 Å². The number of ether oxygens (including phenoxy) is 4. The van der Waals surface area contributed by atoms with Gasteiger partial charge in [-0.25, -0.2) is 14.6 Å². The molecule has 0 aromatic rings. The predicted octanol–water partition coefficient (Wildman–Crippen LogP) is 3.33. The zero-order valence-corrected chi connectivity index (χ0v) is 18.9. The maximum Gasteiger partial charge on any atom is 0.344 e. The summed E-state index contributed by atoms with van der Waals surface area (Å²) in [5.41, 5.74) is -1.11. The molecule has 1 aliphatic heterocycles. The number of nitrogens with zero attached hydrogens (tertiary/aromatic N) is 1. The second-order valence-electron chi connectivity index (χ2n) is 8.80. The number of hydrogen-bond acceptors (Lipinski definition) is 8. The molecule has 8 heteroatoms. The van der Waals surface area contributed by atoms with Crippen LogP contribution in [0.3, 0.4) is 0 Å². The number of carbonyl (C=O) groups excluding carboxylic acids is 3. The zero-order chi connectivity index (χ0) is 22.6. The molecule has 0 fully saturated rings. The van der Waals surface area contributed by atoms with Crippen molar-refractivity contribution in [2.75, 3.05) is 13.2 Å². The molecule has 0 amide bonds. The molecule has 0 saturated carbocycles. The molecule has 0 N–H and O–H groups in total. The highest BCUT2D eigenvalue weighted by Crippen LogP contribution is 2.38. The molecule has 1 aliphatic rings. The van der Waals surface area contributed by atoms with E-state index in [0.29, 0.717) is 6.42 Å². The van der Waals surface area contributed by atoms with Crippen molar-refractivity contribution in [2.45, 2.75) is 80.1 Å². The fraction of sp³-hybridized carbons (Fsp3) is 0.714. The number of carbonyl (C=O) groups is 3. The Morgan fingerprint density at radius 1 is 1.00 bits per heavy atom. The van der Waals surface area contributed by atoms with Crippen LogP contribution in [0, 0.1) is 5.41 Å². The third-order valence-electron chi connectivity index (χ3n) is 3.87. The predicted molar refractivity (Wildman–Crippen MR) is 107 cm³/mol. The molecule has 1 rings (SSSR count). The molecule has 0 aromatic heterocycles. The van der Waals surface area contributed by atoms with Gasteiger partial charge in [0.2, 0.25) is 5.90 Å². The SMILES string of the molecule is CCOC(=O)C1=C(C(=O)OCC)C(C)(OC(C)=O)OC1=NC(C)(C)CC(C)(C)C. The van der Waals surface area contributed by atoms with Crippen molar-refractivity contribution < 1.29 is 33.3 Å². The summed E-state index contributed by atoms with van der Waals surface area (Å²) in [5, 5.41) is 0. The minimum Gasteiger partial charge on any atom is -0.462 e. The second-order valence-corrected chi connectivity index (χ2v) is 8.80. The monoisotopic (exact) mass is 411 g/mol. The van der Waals surface area contributed by atoms with Crippen molar-refractivity contribution in [1.82, 2.24) is 0 Å². The van der Waals surface area contributed by atoms with Crippen LogP contribution in [0.1, 0.15) is 68.7 Å². The lowest BCUT2D eigenvalue weighted by molar-refractivity contribution is -0.182. The van der Waals surface area contributed by atoms with Gasteiger partial charge in [0.15, 0.2) is 0 Å². The third kappa shape index (κ3) is 6.58. The van der Waals surface area contributed by atoms with Crippen LogP contribution < -0.4 is 0 Å². The second kappa shape index (κ2) is 8.97. The van der Waals surface area contributed by atoms with E-state index in [4.69, 9.17) is 18.9 Å². The molecule has 1 atom stereocenters. The first-order chi connectivity index (χ1) is 13.2. The summed E-state index contributed by atoms with van der Waals surface area (Å²) in [5.74, 6) is -4.27. The van der Waals surface area contributed by atoms with Gasteiger partial charge in [0.25, 0.3) is 5.79 Å². The molecule has 1 heterocycles. The standard InChI is InChI=1S/C21H33NO7/c1-10-26-17(24)14-15(18(25)27-11-2)21(9,28-13(3)23)29-16(14)22-20(7,8)12-19(4,5)6/h10-12H2,1-9H3. The van der Waals surface area contributed by atoms with Crippen molar-refractivity contribution in [3.63, 3.8) is 0 Å². The van der Waals surface area contributed by atoms with Gasteiger partial charge < -0.3 is 18.9 Å². The average molecular weight is 411 g/mol. The highest BCUT2D eigenvalue weighted by atomic mass is 16.7. The van der Waals surface area contributed by atoms with E-state index in [1.54, 1.807) is 13.8 Å². The maximum atomic E-state index is 12.7. The largest absolute Gasteiger partial charge is 0.462 e. The molecule has 0 bridgehead atoms. The van der Waals surface area contributed by atoms with Gasteiger partial charge >= 0.3 is 17.9 Å². The van der Waals surface area contributed by atoms with E-state index in [9.17, 15) is 14.4 Å². The molecule has 29 heavy (non-hydrogen) atoms. The Bertz CT molecular complexity index is 728. The molecule has 164 valence electrons. The molecule has 0 radical (unpaired) electrons. The van der Waals surface area contributed by atoms with Crippen LogP contribution in [0.25, 0.3) is 0 Å². The van der Waals surface area contributed by atoms with E-state index in [1.807, 2.05) is 13.8 Å². The molecule has 8 nitrogen and oxygen atoms in total. The molecule has 1 unspecified atom stereocenters. The first kappa shape index (κ1) is 24.7. The summed E-state index contributed by atoms with van der Waals surface area (Å²) >= 11 is 0. The van der Waals surface area contributed by atoms with E-state index < -0.39 is 29.2 Å². The van der Waals surface area contributed by atoms with Crippen molar-refractivity contribution in [1.29, 1.82) is 0 Å². The zero-order valence-electron chi connectivity index (χ0n) is 18.9. The fourth-order valence-corrected chi connectivity index (χ4v) is 3.54. The Morgan fingerprint density at radius 2 is 1.52 bits per heavy atom. The molecule has 0 spiro atoms. The van der Waals surface area contributed by atoms with E-state index >= 15 is 0 Å². The van der Waals surface area contributed by atoms with Crippen LogP contribution in [-0.4, -0.2) is 48.3 Å². The summed E-state index contributed by atoms with van der Waals surface area (Å²) in [4.78, 5) is 41.7. The Kier molecular flexibility index (Phi) is 7.62. The number of aliphatic imine (C=N–C) groups is 1. The van der Waals surface area contributed by atoms with Gasteiger partial charge in [0.1, 0.15) is 11.1 Å². The van der Waals surface area contributed by atoms with Gasteiger partial charge in [0, 0.05) is 13.8 Å². The van der Waals surface area contributed by atoms with Gasteiger partial charge in [-0.2, -0.15) is 0 Å². The summed E-state index contributed by atoms with van der Waals surface area (Å²) < 4.78 is 21.3. The van der Waals surface area contributed by atoms with Gasteiger partial charge in [-0.1, -0.05) is 20.8 Å². The lowest BCUT2D eigenvalue weighted by atomic mass is 9.82. The highest BCUT2D eigenvalue weighted by Gasteiger charge is 2.53. The smallest absolute Gasteiger partial charge is 0.344 e. The minimum absolute atomic E-state index is 0.0525. The van der Waals surface area contributed by atoms with E-state index in [0.717, 1.165) is 0 Å². The summed E-state index contributed by atoms with van der Waals surface area (Å²) in [6, 6.07) is 0. The Balaban J connectivity index is 3.67. The van der Waals surface area contributed by atoms with Crippen LogP contribution in [0.2, 0.25) is 0 Å². The Labute approximate surface area is 172 Å². The van der Waals surface area contributed by atoms with Crippen LogP contribution in [0.15, 0.2) is 16.1 Å². The van der Waals surface area contributed by atoms with Crippen LogP contribution in [0.5, 0.6) is 0 Å². The normalized spacial score (nSPS) is 21.1. The quantitative estimate of drug-likeness (QED) is 0.468. The lowest BCUT2D eigenvalue weighted by Crippen LogP contribution is -2.37. The Morgan fingerprint density at radius 3 is 1.97 bits per heavy atom. The summed E-state index contributed by atoms with van der Waals surface area (Å²) in [7, 11) is 0. The van der Waals surface area contributed by atoms with E-state index in [-0.39, 0.29) is 35.7 Å². The fourth-order valence-electron chi connectivity index (χ4n) is 3.54. The van der Waals surface area contributed by atoms with Gasteiger partial charge in [0.05, 0.1) is 18.8 Å². The highest BCUT2D eigenvalue weighted by molar-refractivity contribution is 6.23. The van der Waals surface area contributed by atoms with E-state index in [2.05, 4.69) is 25.8 Å². The van der Waals surface area contributed by atoms with Crippen LogP contribution in [0.4, 0.5) is 0 Å². The molecular weight excluding hydrogens is 378 g/mol. The minimum atomic E-state index is -1.85. The molecule has 0 aliphatic carbocycles. The molecule has 0 aromatic carbocycles. The third-order valence-corrected chi connectivity index (χ3v) is 3.87. The van der Waals surface area contributed by atoms with Crippen molar-refractivity contribution in [3.05, 3.63) is 11.1 Å². The summed E-state index contributed by atoms with van der Waals surface area (Å²) in [6.07, 6.45) is 0.669. The van der Waals surface area contributed by atoms with Gasteiger partial charge in [-0.05, 0) is 39.5 Å². The molecule has 0 saturated heterocycles. The number of hydrogen-bond donors (Lipinski definition) is 0. The molecular formula is C21H33NO7. The topological polar surface area (TPSA) is 100 Å². The lowest BCUT2D eigenvalue weighted by Gasteiger charge is -2.30. The van der Waals surface area contributed by atoms with Crippen molar-refractivity contribution in [2.24, 2.45) is 10.4 Å². The van der Waals surface area contributed by atoms with Crippen molar-refractivity contribution >= 4 is 23.8 Å². The van der Waals surface area contributed by atoms with E-state index in [1.165, 1.54) is 13.8 Å². The first-order valence-corrected chi connectivity index (χ1v) is 9.73. The average Bonchev–Trinajstić information content (AvgIpc) is 2.75. The Hall–Kier alpha value is -2.38. The first-order valence-electron chi connectivity index (χ1n) is 9.73. The number of rotatable bonds is 7. The van der Waals surface area contributed by atoms with Crippen LogP contribution in [-0.2, 0) is 33.3 Å². The van der Waals surface area contributed by atoms with Gasteiger partial charge in [-0.3, -0.25) is 4.79 Å². The maximum absolute atomic E-state index is 12.7. The van der Waals surface area contributed by atoms with Crippen molar-refractivity contribution in [3.8, 4) is 0 Å². The summed E-state index contributed by atoms with van der Waals surface area (Å²) in [6.45, 7) is 16.0. The number of esters is 3. The van der Waals surface area contributed by atoms with Gasteiger partial charge in [-0.15, -0.1) is 0 Å².